The molecule has 4 nitrogen and oxygen atoms in total. The van der Waals surface area contributed by atoms with Gasteiger partial charge in [0, 0.05) is 5.02 Å². The van der Waals surface area contributed by atoms with Crippen LogP contribution in [0.25, 0.3) is 11.0 Å². The first-order valence-corrected chi connectivity index (χ1v) is 4.42. The van der Waals surface area contributed by atoms with Crippen LogP contribution in [-0.2, 0) is 0 Å². The van der Waals surface area contributed by atoms with E-state index in [1.165, 1.54) is 12.1 Å². The van der Waals surface area contributed by atoms with Crippen molar-refractivity contribution in [1.29, 1.82) is 0 Å². The summed E-state index contributed by atoms with van der Waals surface area (Å²) in [4.78, 5) is 22.3. The second-order valence-electron chi connectivity index (χ2n) is 2.92. The predicted octanol–water partition coefficient (Wildman–Crippen LogP) is 2.14. The Kier molecular flexibility index (Phi) is 2.21. The maximum atomic E-state index is 11.6. The lowest BCUT2D eigenvalue weighted by Crippen LogP contribution is -2.13. The van der Waals surface area contributed by atoms with E-state index in [0.29, 0.717) is 10.6 Å². The van der Waals surface area contributed by atoms with Gasteiger partial charge >= 0.3 is 5.97 Å². The van der Waals surface area contributed by atoms with E-state index in [-0.39, 0.29) is 5.39 Å². The molecule has 0 aliphatic heterocycles. The van der Waals surface area contributed by atoms with Crippen LogP contribution in [0.4, 0.5) is 0 Å². The molecule has 0 unspecified atom stereocenters. The Balaban J connectivity index is 2.89. The molecule has 0 bridgehead atoms. The first-order chi connectivity index (χ1) is 7.09. The molecule has 5 heteroatoms. The Bertz CT molecular complexity index is 600. The zero-order valence-corrected chi connectivity index (χ0v) is 8.12. The Morgan fingerprint density at radius 2 is 2.13 bits per heavy atom. The molecule has 1 N–H and O–H groups in total. The van der Waals surface area contributed by atoms with E-state index in [0.717, 1.165) is 6.26 Å². The van der Waals surface area contributed by atoms with Gasteiger partial charge in [0.2, 0.25) is 5.43 Å². The molecule has 0 saturated heterocycles. The van der Waals surface area contributed by atoms with Crippen molar-refractivity contribution in [3.63, 3.8) is 0 Å². The number of carboxylic acid groups (broad SMARTS) is 1. The lowest BCUT2D eigenvalue weighted by atomic mass is 10.2. The number of hydrogen-bond donors (Lipinski definition) is 1. The third-order valence-electron chi connectivity index (χ3n) is 1.97. The molecule has 2 rings (SSSR count). The summed E-state index contributed by atoms with van der Waals surface area (Å²) in [5, 5.41) is 9.23. The van der Waals surface area contributed by atoms with Crippen LogP contribution in [0.2, 0.25) is 5.02 Å². The quantitative estimate of drug-likeness (QED) is 0.806. The monoisotopic (exact) mass is 224 g/mol. The van der Waals surface area contributed by atoms with Gasteiger partial charge in [-0.15, -0.1) is 0 Å². The highest BCUT2D eigenvalue weighted by molar-refractivity contribution is 6.31. The lowest BCUT2D eigenvalue weighted by Gasteiger charge is -1.98. The summed E-state index contributed by atoms with van der Waals surface area (Å²) in [6.07, 6.45) is 0.931. The minimum Gasteiger partial charge on any atom is -0.477 e. The second kappa shape index (κ2) is 3.40. The van der Waals surface area contributed by atoms with Crippen molar-refractivity contribution in [2.75, 3.05) is 0 Å². The Hall–Kier alpha value is -1.81. The van der Waals surface area contributed by atoms with Crippen LogP contribution in [0.5, 0.6) is 0 Å². The SMILES string of the molecule is O=C(O)c1coc2ccc(Cl)cc2c1=O. The van der Waals surface area contributed by atoms with Gasteiger partial charge < -0.3 is 9.52 Å². The minimum atomic E-state index is -1.31. The summed E-state index contributed by atoms with van der Waals surface area (Å²) in [5.41, 5.74) is -0.676. The van der Waals surface area contributed by atoms with Gasteiger partial charge in [0.05, 0.1) is 5.39 Å². The molecule has 76 valence electrons. The zero-order chi connectivity index (χ0) is 11.0. The van der Waals surface area contributed by atoms with Crippen molar-refractivity contribution in [3.05, 3.63) is 45.3 Å². The second-order valence-corrected chi connectivity index (χ2v) is 3.36. The van der Waals surface area contributed by atoms with Crippen LogP contribution in [0.15, 0.2) is 33.7 Å². The van der Waals surface area contributed by atoms with Crippen molar-refractivity contribution in [2.24, 2.45) is 0 Å². The fourth-order valence-electron chi connectivity index (χ4n) is 1.25. The number of fused-ring (bicyclic) bond motifs is 1. The fourth-order valence-corrected chi connectivity index (χ4v) is 1.42. The van der Waals surface area contributed by atoms with Gasteiger partial charge in [-0.3, -0.25) is 4.79 Å². The van der Waals surface area contributed by atoms with Gasteiger partial charge in [-0.2, -0.15) is 0 Å². The Morgan fingerprint density at radius 1 is 1.40 bits per heavy atom. The highest BCUT2D eigenvalue weighted by Crippen LogP contribution is 2.16. The van der Waals surface area contributed by atoms with Gasteiger partial charge in [0.1, 0.15) is 17.4 Å². The smallest absolute Gasteiger partial charge is 0.342 e. The molecule has 0 aliphatic carbocycles. The number of carboxylic acids is 1. The van der Waals surface area contributed by atoms with Crippen LogP contribution in [0.1, 0.15) is 10.4 Å². The predicted molar refractivity (Wildman–Crippen MR) is 54.5 cm³/mol. The molecule has 0 radical (unpaired) electrons. The van der Waals surface area contributed by atoms with Crippen LogP contribution in [0.3, 0.4) is 0 Å². The van der Waals surface area contributed by atoms with E-state index >= 15 is 0 Å². The maximum Gasteiger partial charge on any atom is 0.342 e. The van der Waals surface area contributed by atoms with Crippen molar-refractivity contribution in [3.8, 4) is 0 Å². The molecule has 0 fully saturated rings. The molecule has 2 aromatic rings. The molecule has 15 heavy (non-hydrogen) atoms. The molecule has 0 amide bonds. The number of carbonyl (C=O) groups is 1. The number of hydrogen-bond acceptors (Lipinski definition) is 3. The van der Waals surface area contributed by atoms with Crippen LogP contribution >= 0.6 is 11.6 Å². The Morgan fingerprint density at radius 3 is 2.80 bits per heavy atom. The zero-order valence-electron chi connectivity index (χ0n) is 7.36. The average Bonchev–Trinajstić information content (AvgIpc) is 2.19. The van der Waals surface area contributed by atoms with Gasteiger partial charge in [-0.1, -0.05) is 11.6 Å². The maximum absolute atomic E-state index is 11.6. The molecular formula is C10H5ClO4. The molecule has 0 saturated carbocycles. The topological polar surface area (TPSA) is 67.5 Å². The molecular weight excluding hydrogens is 220 g/mol. The summed E-state index contributed by atoms with van der Waals surface area (Å²) in [5.74, 6) is -1.31. The standard InChI is InChI=1S/C10H5ClO4/c11-5-1-2-8-6(3-5)9(12)7(4-15-8)10(13)14/h1-4H,(H,13,14). The van der Waals surface area contributed by atoms with Gasteiger partial charge in [-0.05, 0) is 18.2 Å². The highest BCUT2D eigenvalue weighted by atomic mass is 35.5. The first-order valence-electron chi connectivity index (χ1n) is 4.04. The fraction of sp³-hybridized carbons (Fsp3) is 0. The summed E-state index contributed by atoms with van der Waals surface area (Å²) in [7, 11) is 0. The van der Waals surface area contributed by atoms with E-state index < -0.39 is 17.0 Å². The molecule has 0 spiro atoms. The van der Waals surface area contributed by atoms with E-state index in [9.17, 15) is 9.59 Å². The summed E-state index contributed by atoms with van der Waals surface area (Å²) < 4.78 is 5.00. The van der Waals surface area contributed by atoms with Crippen molar-refractivity contribution >= 4 is 28.5 Å². The van der Waals surface area contributed by atoms with E-state index in [1.54, 1.807) is 6.07 Å². The number of halogens is 1. The van der Waals surface area contributed by atoms with Crippen LogP contribution in [0, 0.1) is 0 Å². The lowest BCUT2D eigenvalue weighted by molar-refractivity contribution is 0.0693. The normalized spacial score (nSPS) is 10.5. The van der Waals surface area contributed by atoms with Crippen molar-refractivity contribution in [1.82, 2.24) is 0 Å². The number of aromatic carboxylic acids is 1. The third kappa shape index (κ3) is 1.59. The van der Waals surface area contributed by atoms with Gasteiger partial charge in [0.25, 0.3) is 0 Å². The van der Waals surface area contributed by atoms with Crippen LogP contribution in [-0.4, -0.2) is 11.1 Å². The number of rotatable bonds is 1. The van der Waals surface area contributed by atoms with Crippen molar-refractivity contribution < 1.29 is 14.3 Å². The van der Waals surface area contributed by atoms with Gasteiger partial charge in [-0.25, -0.2) is 4.79 Å². The summed E-state index contributed by atoms with van der Waals surface area (Å²) in [6.45, 7) is 0. The first kappa shape index (κ1) is 9.73. The molecule has 1 heterocycles. The largest absolute Gasteiger partial charge is 0.477 e. The number of benzene rings is 1. The van der Waals surface area contributed by atoms with Gasteiger partial charge in [0.15, 0.2) is 0 Å². The van der Waals surface area contributed by atoms with Crippen LogP contribution < -0.4 is 5.43 Å². The van der Waals surface area contributed by atoms with E-state index in [2.05, 4.69) is 0 Å². The van der Waals surface area contributed by atoms with Crippen molar-refractivity contribution in [2.45, 2.75) is 0 Å². The minimum absolute atomic E-state index is 0.169. The average molecular weight is 225 g/mol. The summed E-state index contributed by atoms with van der Waals surface area (Å²) in [6, 6.07) is 4.47. The molecule has 0 atom stereocenters. The van der Waals surface area contributed by atoms with E-state index in [1.807, 2.05) is 0 Å². The highest BCUT2D eigenvalue weighted by Gasteiger charge is 2.12. The molecule has 0 aliphatic rings. The molecule has 1 aromatic carbocycles. The Labute approximate surface area is 88.7 Å². The molecule has 1 aromatic heterocycles. The van der Waals surface area contributed by atoms with E-state index in [4.69, 9.17) is 21.1 Å². The summed E-state index contributed by atoms with van der Waals surface area (Å²) >= 11 is 5.69. The third-order valence-corrected chi connectivity index (χ3v) is 2.20.